The van der Waals surface area contributed by atoms with E-state index in [1.54, 1.807) is 24.3 Å². The molecule has 3 N–H and O–H groups in total. The van der Waals surface area contributed by atoms with E-state index in [-0.39, 0.29) is 17.7 Å². The maximum Gasteiger partial charge on any atom is 0.252 e. The van der Waals surface area contributed by atoms with Crippen LogP contribution in [-0.4, -0.2) is 34.2 Å². The summed E-state index contributed by atoms with van der Waals surface area (Å²) in [6, 6.07) is 19.4. The Morgan fingerprint density at radius 1 is 1.09 bits per heavy atom. The van der Waals surface area contributed by atoms with E-state index in [0.717, 1.165) is 22.2 Å². The van der Waals surface area contributed by atoms with Crippen molar-refractivity contribution in [1.29, 1.82) is 0 Å². The van der Waals surface area contributed by atoms with Crippen molar-refractivity contribution in [2.75, 3.05) is 6.54 Å². The van der Waals surface area contributed by atoms with Crippen LogP contribution in [0.4, 0.5) is 0 Å². The summed E-state index contributed by atoms with van der Waals surface area (Å²) in [6.07, 6.45) is 3.81. The molecule has 1 amide bonds. The van der Waals surface area contributed by atoms with Crippen LogP contribution >= 0.6 is 11.6 Å². The van der Waals surface area contributed by atoms with Crippen LogP contribution in [0.1, 0.15) is 43.7 Å². The van der Waals surface area contributed by atoms with Gasteiger partial charge in [-0.25, -0.2) is 4.98 Å². The van der Waals surface area contributed by atoms with Crippen LogP contribution in [0.2, 0.25) is 5.02 Å². The minimum atomic E-state index is -0.491. The van der Waals surface area contributed by atoms with Crippen molar-refractivity contribution in [2.24, 2.45) is 0 Å². The molecule has 2 heterocycles. The number of halogens is 1. The lowest BCUT2D eigenvalue weighted by atomic mass is 9.97. The van der Waals surface area contributed by atoms with Crippen LogP contribution in [0.15, 0.2) is 78.9 Å². The third kappa shape index (κ3) is 4.38. The molecule has 0 aliphatic carbocycles. The topological polar surface area (TPSA) is 86.9 Å². The van der Waals surface area contributed by atoms with E-state index in [2.05, 4.69) is 20.6 Å². The van der Waals surface area contributed by atoms with E-state index >= 15 is 0 Å². The lowest BCUT2D eigenvalue weighted by Crippen LogP contribution is -2.32. The van der Waals surface area contributed by atoms with Gasteiger partial charge in [-0.05, 0) is 48.4 Å². The Labute approximate surface area is 202 Å². The van der Waals surface area contributed by atoms with Crippen LogP contribution in [0.5, 0.6) is 0 Å². The molecule has 1 aromatic heterocycles. The predicted molar refractivity (Wildman–Crippen MR) is 133 cm³/mol. The number of imidazole rings is 1. The predicted octanol–water partition coefficient (Wildman–Crippen LogP) is 4.75. The van der Waals surface area contributed by atoms with Crippen molar-refractivity contribution < 1.29 is 9.59 Å². The third-order valence-electron chi connectivity index (χ3n) is 5.96. The molecule has 170 valence electrons. The molecule has 7 heteroatoms. The maximum atomic E-state index is 13.3. The first kappa shape index (κ1) is 22.1. The van der Waals surface area contributed by atoms with Gasteiger partial charge in [-0.3, -0.25) is 9.59 Å². The average molecular weight is 471 g/mol. The molecule has 3 aromatic carbocycles. The van der Waals surface area contributed by atoms with E-state index in [0.29, 0.717) is 28.5 Å². The summed E-state index contributed by atoms with van der Waals surface area (Å²) in [5.41, 5.74) is 4.30. The molecule has 5 rings (SSSR count). The molecule has 0 bridgehead atoms. The third-order valence-corrected chi connectivity index (χ3v) is 6.20. The molecular formula is C27H23ClN4O2. The van der Waals surface area contributed by atoms with E-state index in [4.69, 9.17) is 11.6 Å². The highest BCUT2D eigenvalue weighted by Crippen LogP contribution is 2.25. The molecule has 0 spiro atoms. The Kier molecular flexibility index (Phi) is 6.01. The molecule has 2 unspecified atom stereocenters. The Morgan fingerprint density at radius 2 is 1.91 bits per heavy atom. The number of aromatic nitrogens is 2. The van der Waals surface area contributed by atoms with Crippen molar-refractivity contribution in [3.05, 3.63) is 112 Å². The number of benzene rings is 3. The monoisotopic (exact) mass is 470 g/mol. The van der Waals surface area contributed by atoms with Crippen molar-refractivity contribution >= 4 is 34.3 Å². The van der Waals surface area contributed by atoms with Crippen LogP contribution < -0.4 is 10.6 Å². The van der Waals surface area contributed by atoms with Gasteiger partial charge < -0.3 is 15.6 Å². The average Bonchev–Trinajstić information content (AvgIpc) is 3.52. The van der Waals surface area contributed by atoms with Crippen molar-refractivity contribution in [2.45, 2.75) is 19.0 Å². The summed E-state index contributed by atoms with van der Waals surface area (Å²) >= 11 is 6.13. The van der Waals surface area contributed by atoms with Crippen molar-refractivity contribution in [3.63, 3.8) is 0 Å². The second-order valence-electron chi connectivity index (χ2n) is 8.31. The van der Waals surface area contributed by atoms with Gasteiger partial charge in [-0.15, -0.1) is 0 Å². The highest BCUT2D eigenvalue weighted by Gasteiger charge is 2.24. The van der Waals surface area contributed by atoms with Gasteiger partial charge in [-0.1, -0.05) is 60.2 Å². The summed E-state index contributed by atoms with van der Waals surface area (Å²) in [5, 5.41) is 6.84. The molecule has 6 nitrogen and oxygen atoms in total. The fraction of sp³-hybridized carbons (Fsp3) is 0.148. The number of aromatic amines is 1. The van der Waals surface area contributed by atoms with E-state index in [1.165, 1.54) is 0 Å². The number of carbonyl (C=O) groups excluding carboxylic acids is 2. The van der Waals surface area contributed by atoms with Crippen LogP contribution in [0.25, 0.3) is 11.0 Å². The molecule has 34 heavy (non-hydrogen) atoms. The molecule has 0 radical (unpaired) electrons. The highest BCUT2D eigenvalue weighted by atomic mass is 35.5. The van der Waals surface area contributed by atoms with Gasteiger partial charge in [0.15, 0.2) is 5.78 Å². The Balaban J connectivity index is 1.44. The molecule has 1 aliphatic rings. The number of hydrogen-bond donors (Lipinski definition) is 3. The molecule has 1 aliphatic heterocycles. The summed E-state index contributed by atoms with van der Waals surface area (Å²) in [4.78, 5) is 34.0. The number of nitrogens with one attached hydrogen (secondary N) is 3. The molecule has 0 fully saturated rings. The second-order valence-corrected chi connectivity index (χ2v) is 8.75. The minimum absolute atomic E-state index is 0.00121. The normalized spacial score (nSPS) is 16.0. The first-order valence-corrected chi connectivity index (χ1v) is 11.4. The smallest absolute Gasteiger partial charge is 0.252 e. The van der Waals surface area contributed by atoms with Crippen molar-refractivity contribution in [1.82, 2.24) is 20.6 Å². The quantitative estimate of drug-likeness (QED) is 0.280. The molecule has 2 atom stereocenters. The fourth-order valence-corrected chi connectivity index (χ4v) is 4.38. The van der Waals surface area contributed by atoms with Gasteiger partial charge in [0.2, 0.25) is 0 Å². The van der Waals surface area contributed by atoms with Gasteiger partial charge in [-0.2, -0.15) is 0 Å². The van der Waals surface area contributed by atoms with Gasteiger partial charge in [0.1, 0.15) is 11.9 Å². The van der Waals surface area contributed by atoms with Gasteiger partial charge in [0.25, 0.3) is 5.91 Å². The van der Waals surface area contributed by atoms with Crippen LogP contribution in [0.3, 0.4) is 0 Å². The zero-order chi connectivity index (χ0) is 23.7. The Bertz CT molecular complexity index is 1410. The summed E-state index contributed by atoms with van der Waals surface area (Å²) in [6.45, 7) is 2.53. The number of amides is 1. The Hall–Kier alpha value is -3.74. The number of ketones is 1. The second kappa shape index (κ2) is 9.25. The van der Waals surface area contributed by atoms with Crippen LogP contribution in [-0.2, 0) is 0 Å². The van der Waals surface area contributed by atoms with Gasteiger partial charge in [0, 0.05) is 22.7 Å². The summed E-state index contributed by atoms with van der Waals surface area (Å²) < 4.78 is 0. The molecular weight excluding hydrogens is 448 g/mol. The van der Waals surface area contributed by atoms with E-state index in [1.807, 2.05) is 61.5 Å². The number of rotatable bonds is 6. The first-order chi connectivity index (χ1) is 16.5. The number of aryl methyl sites for hydroxylation is 1. The number of carbonyl (C=O) groups is 2. The standard InChI is InChI=1S/C27H23ClN4O2/c1-16-14-18(9-11-20(16)25(33)22-8-5-13-29-22)27(34)32-24(17-6-3-2-4-7-17)26-30-21-12-10-19(28)15-23(21)31-26/h2-12,14-15,22,24,29H,13H2,1H3,(H,30,31)(H,32,34). The first-order valence-electron chi connectivity index (χ1n) is 11.1. The summed E-state index contributed by atoms with van der Waals surface area (Å²) in [5.74, 6) is 0.356. The van der Waals surface area contributed by atoms with Gasteiger partial charge >= 0.3 is 0 Å². The van der Waals surface area contributed by atoms with Crippen LogP contribution in [0, 0.1) is 6.92 Å². The molecule has 0 saturated carbocycles. The number of H-pyrrole nitrogens is 1. The van der Waals surface area contributed by atoms with Gasteiger partial charge in [0.05, 0.1) is 17.1 Å². The lowest BCUT2D eigenvalue weighted by molar-refractivity contribution is 0.0937. The number of hydrogen-bond acceptors (Lipinski definition) is 4. The SMILES string of the molecule is Cc1cc(C(=O)NC(c2ccccc2)c2nc3ccc(Cl)cc3[nH]2)ccc1C(=O)C1C=CCN1. The zero-order valence-corrected chi connectivity index (χ0v) is 19.3. The zero-order valence-electron chi connectivity index (χ0n) is 18.5. The largest absolute Gasteiger partial charge is 0.340 e. The van der Waals surface area contributed by atoms with E-state index in [9.17, 15) is 9.59 Å². The fourth-order valence-electron chi connectivity index (χ4n) is 4.20. The lowest BCUT2D eigenvalue weighted by Gasteiger charge is -2.18. The van der Waals surface area contributed by atoms with E-state index < -0.39 is 6.04 Å². The minimum Gasteiger partial charge on any atom is -0.340 e. The number of Topliss-reactive ketones (excluding diaryl/α,β-unsaturated/α-hetero) is 1. The molecule has 0 saturated heterocycles. The maximum absolute atomic E-state index is 13.3. The van der Waals surface area contributed by atoms with Crippen molar-refractivity contribution in [3.8, 4) is 0 Å². The molecule has 4 aromatic rings. The summed E-state index contributed by atoms with van der Waals surface area (Å²) in [7, 11) is 0. The number of fused-ring (bicyclic) bond motifs is 1. The highest BCUT2D eigenvalue weighted by molar-refractivity contribution is 6.31. The Morgan fingerprint density at radius 3 is 2.65 bits per heavy atom. The number of nitrogens with zero attached hydrogens (tertiary/aromatic N) is 1.